The maximum atomic E-state index is 12.4. The molecule has 1 aliphatic carbocycles. The Morgan fingerprint density at radius 1 is 1.24 bits per heavy atom. The monoisotopic (exact) mass is 317 g/mol. The third-order valence-electron chi connectivity index (χ3n) is 4.49. The average molecular weight is 318 g/mol. The van der Waals surface area contributed by atoms with E-state index < -0.39 is 6.04 Å². The first-order valence-electron chi connectivity index (χ1n) is 7.91. The first-order valence-corrected chi connectivity index (χ1v) is 7.91. The number of rotatable bonds is 3. The largest absolute Gasteiger partial charge is 0.344 e. The molecule has 2 amide bonds. The maximum Gasteiger partial charge on any atom is 0.245 e. The summed E-state index contributed by atoms with van der Waals surface area (Å²) in [4.78, 5) is 26.5. The van der Waals surface area contributed by atoms with Crippen LogP contribution in [0.1, 0.15) is 46.0 Å². The summed E-state index contributed by atoms with van der Waals surface area (Å²) in [5.41, 5.74) is 0. The molecule has 6 heteroatoms. The minimum atomic E-state index is -0.412. The van der Waals surface area contributed by atoms with Gasteiger partial charge in [-0.05, 0) is 26.7 Å². The van der Waals surface area contributed by atoms with Crippen LogP contribution in [0.15, 0.2) is 0 Å². The number of amides is 2. The Morgan fingerprint density at radius 2 is 1.90 bits per heavy atom. The first kappa shape index (κ1) is 18.2. The summed E-state index contributed by atoms with van der Waals surface area (Å²) in [7, 11) is 0. The number of piperazine rings is 1. The molecule has 21 heavy (non-hydrogen) atoms. The van der Waals surface area contributed by atoms with Gasteiger partial charge in [-0.1, -0.05) is 19.3 Å². The van der Waals surface area contributed by atoms with E-state index in [-0.39, 0.29) is 36.2 Å². The van der Waals surface area contributed by atoms with Crippen molar-refractivity contribution < 1.29 is 9.59 Å². The molecule has 122 valence electrons. The van der Waals surface area contributed by atoms with Crippen molar-refractivity contribution in [2.24, 2.45) is 5.92 Å². The molecule has 0 bridgehead atoms. The van der Waals surface area contributed by atoms with Crippen LogP contribution in [0.2, 0.25) is 0 Å². The van der Waals surface area contributed by atoms with Gasteiger partial charge in [-0.3, -0.25) is 9.59 Å². The van der Waals surface area contributed by atoms with E-state index in [0.717, 1.165) is 45.3 Å². The van der Waals surface area contributed by atoms with Crippen molar-refractivity contribution >= 4 is 24.2 Å². The molecule has 0 unspecified atom stereocenters. The third-order valence-corrected chi connectivity index (χ3v) is 4.49. The molecule has 2 N–H and O–H groups in total. The Labute approximate surface area is 133 Å². The predicted octanol–water partition coefficient (Wildman–Crippen LogP) is 1.31. The molecule has 0 aromatic carbocycles. The van der Waals surface area contributed by atoms with Crippen molar-refractivity contribution in [3.8, 4) is 0 Å². The van der Waals surface area contributed by atoms with Gasteiger partial charge in [0.2, 0.25) is 11.8 Å². The predicted molar refractivity (Wildman–Crippen MR) is 85.5 cm³/mol. The quantitative estimate of drug-likeness (QED) is 0.825. The van der Waals surface area contributed by atoms with Crippen LogP contribution in [0.25, 0.3) is 0 Å². The van der Waals surface area contributed by atoms with Crippen LogP contribution in [0.3, 0.4) is 0 Å². The van der Waals surface area contributed by atoms with Gasteiger partial charge < -0.3 is 15.5 Å². The Bertz CT molecular complexity index is 359. The molecule has 2 aliphatic rings. The summed E-state index contributed by atoms with van der Waals surface area (Å²) in [6.07, 6.45) is 5.44. The Balaban J connectivity index is 0.00000220. The Kier molecular flexibility index (Phi) is 7.46. The van der Waals surface area contributed by atoms with Crippen LogP contribution in [0.4, 0.5) is 0 Å². The van der Waals surface area contributed by atoms with Crippen LogP contribution in [0.5, 0.6) is 0 Å². The molecule has 2 fully saturated rings. The van der Waals surface area contributed by atoms with Crippen molar-refractivity contribution in [2.75, 3.05) is 19.6 Å². The molecular formula is C15H28ClN3O2. The van der Waals surface area contributed by atoms with E-state index in [1.807, 2.05) is 11.8 Å². The van der Waals surface area contributed by atoms with Gasteiger partial charge >= 0.3 is 0 Å². The smallest absolute Gasteiger partial charge is 0.245 e. The summed E-state index contributed by atoms with van der Waals surface area (Å²) in [5, 5.41) is 6.19. The number of hydrogen-bond acceptors (Lipinski definition) is 3. The molecule has 1 heterocycles. The molecule has 1 saturated carbocycles. The summed E-state index contributed by atoms with van der Waals surface area (Å²) in [6.45, 7) is 6.23. The minimum absolute atomic E-state index is 0. The van der Waals surface area contributed by atoms with E-state index in [4.69, 9.17) is 0 Å². The highest BCUT2D eigenvalue weighted by molar-refractivity contribution is 5.88. The number of halogens is 1. The van der Waals surface area contributed by atoms with Crippen molar-refractivity contribution in [3.05, 3.63) is 0 Å². The summed E-state index contributed by atoms with van der Waals surface area (Å²) < 4.78 is 0. The first-order chi connectivity index (χ1) is 9.59. The van der Waals surface area contributed by atoms with Crippen molar-refractivity contribution in [1.29, 1.82) is 0 Å². The zero-order valence-corrected chi connectivity index (χ0v) is 13.9. The number of hydrogen-bond donors (Lipinski definition) is 2. The lowest BCUT2D eigenvalue weighted by Crippen LogP contribution is -2.57. The number of carbonyl (C=O) groups is 2. The third kappa shape index (κ3) is 4.85. The second kappa shape index (κ2) is 8.59. The van der Waals surface area contributed by atoms with E-state index in [1.165, 1.54) is 6.42 Å². The Morgan fingerprint density at radius 3 is 2.52 bits per heavy atom. The van der Waals surface area contributed by atoms with Gasteiger partial charge in [-0.2, -0.15) is 0 Å². The number of nitrogens with zero attached hydrogens (tertiary/aromatic N) is 1. The average Bonchev–Trinajstić information content (AvgIpc) is 2.48. The minimum Gasteiger partial charge on any atom is -0.344 e. The maximum absolute atomic E-state index is 12.4. The van der Waals surface area contributed by atoms with Crippen molar-refractivity contribution in [2.45, 2.75) is 58.0 Å². The van der Waals surface area contributed by atoms with Gasteiger partial charge in [0.25, 0.3) is 0 Å². The van der Waals surface area contributed by atoms with Crippen LogP contribution >= 0.6 is 12.4 Å². The molecule has 5 nitrogen and oxygen atoms in total. The van der Waals surface area contributed by atoms with E-state index >= 15 is 0 Å². The fourth-order valence-corrected chi connectivity index (χ4v) is 3.17. The molecule has 2 rings (SSSR count). The summed E-state index contributed by atoms with van der Waals surface area (Å²) in [6, 6.07) is -0.213. The Hall–Kier alpha value is -0.810. The van der Waals surface area contributed by atoms with E-state index in [9.17, 15) is 9.59 Å². The highest BCUT2D eigenvalue weighted by atomic mass is 35.5. The van der Waals surface area contributed by atoms with E-state index in [0.29, 0.717) is 0 Å². The zero-order chi connectivity index (χ0) is 14.5. The second-order valence-corrected chi connectivity index (χ2v) is 6.15. The topological polar surface area (TPSA) is 61.4 Å². The fraction of sp³-hybridized carbons (Fsp3) is 0.867. The van der Waals surface area contributed by atoms with Gasteiger partial charge in [0.05, 0.1) is 0 Å². The molecular weight excluding hydrogens is 290 g/mol. The van der Waals surface area contributed by atoms with E-state index in [2.05, 4.69) is 10.6 Å². The molecule has 1 aliphatic heterocycles. The van der Waals surface area contributed by atoms with Crippen LogP contribution in [-0.2, 0) is 9.59 Å². The van der Waals surface area contributed by atoms with Crippen LogP contribution < -0.4 is 10.6 Å². The lowest BCUT2D eigenvalue weighted by atomic mass is 9.88. The lowest BCUT2D eigenvalue weighted by molar-refractivity contribution is -0.139. The van der Waals surface area contributed by atoms with Crippen molar-refractivity contribution in [1.82, 2.24) is 15.5 Å². The van der Waals surface area contributed by atoms with Gasteiger partial charge in [-0.15, -0.1) is 12.4 Å². The van der Waals surface area contributed by atoms with Crippen LogP contribution in [0, 0.1) is 5.92 Å². The van der Waals surface area contributed by atoms with Gasteiger partial charge in [0.15, 0.2) is 0 Å². The van der Waals surface area contributed by atoms with Crippen LogP contribution in [-0.4, -0.2) is 48.4 Å². The zero-order valence-electron chi connectivity index (χ0n) is 13.1. The highest BCUT2D eigenvalue weighted by Crippen LogP contribution is 2.23. The highest BCUT2D eigenvalue weighted by Gasteiger charge is 2.29. The summed E-state index contributed by atoms with van der Waals surface area (Å²) in [5.74, 6) is 0.218. The molecule has 0 aromatic heterocycles. The molecule has 0 spiro atoms. The number of carbonyl (C=O) groups excluding carboxylic acids is 2. The lowest BCUT2D eigenvalue weighted by Gasteiger charge is -2.36. The second-order valence-electron chi connectivity index (χ2n) is 6.15. The molecule has 0 aromatic rings. The SMILES string of the molecule is C[C@H](NC(=O)C1CCCCC1)C(=O)N1CCNC[C@@H]1C.Cl. The summed E-state index contributed by atoms with van der Waals surface area (Å²) >= 11 is 0. The molecule has 0 radical (unpaired) electrons. The van der Waals surface area contributed by atoms with Crippen molar-refractivity contribution in [3.63, 3.8) is 0 Å². The molecule has 1 saturated heterocycles. The molecule has 2 atom stereocenters. The number of nitrogens with one attached hydrogen (secondary N) is 2. The van der Waals surface area contributed by atoms with Gasteiger partial charge in [0, 0.05) is 31.6 Å². The van der Waals surface area contributed by atoms with E-state index in [1.54, 1.807) is 6.92 Å². The van der Waals surface area contributed by atoms with Gasteiger partial charge in [-0.25, -0.2) is 0 Å². The fourth-order valence-electron chi connectivity index (χ4n) is 3.17. The normalized spacial score (nSPS) is 24.9. The standard InChI is InChI=1S/C15H27N3O2.ClH/c1-11-10-16-8-9-18(11)15(20)12(2)17-14(19)13-6-4-3-5-7-13;/h11-13,16H,3-10H2,1-2H3,(H,17,19);1H/t11-,12-;/m0./s1. The van der Waals surface area contributed by atoms with Gasteiger partial charge in [0.1, 0.15) is 6.04 Å².